The number of hydrogen-bond acceptors (Lipinski definition) is 3. The second-order valence-electron chi connectivity index (χ2n) is 4.01. The Balaban J connectivity index is 2.23. The Hall–Kier alpha value is -2.36. The van der Waals surface area contributed by atoms with Gasteiger partial charge in [-0.15, -0.1) is 10.2 Å². The first-order chi connectivity index (χ1) is 8.24. The fourth-order valence-electron chi connectivity index (χ4n) is 1.80. The zero-order valence-electron chi connectivity index (χ0n) is 9.33. The molecular weight excluding hydrogens is 214 g/mol. The van der Waals surface area contributed by atoms with E-state index >= 15 is 0 Å². The average Bonchev–Trinajstić information content (AvgIpc) is 2.73. The number of hydrogen-bond donors (Lipinski definition) is 1. The lowest BCUT2D eigenvalue weighted by molar-refractivity contribution is 0.475. The Morgan fingerprint density at radius 1 is 1.00 bits per heavy atom. The zero-order valence-corrected chi connectivity index (χ0v) is 9.33. The maximum atomic E-state index is 9.27. The van der Waals surface area contributed by atoms with E-state index < -0.39 is 0 Å². The van der Waals surface area contributed by atoms with Crippen LogP contribution in [0.2, 0.25) is 0 Å². The van der Waals surface area contributed by atoms with Gasteiger partial charge in [-0.1, -0.05) is 6.07 Å². The third-order valence-corrected chi connectivity index (χ3v) is 2.68. The molecule has 0 saturated carbocycles. The molecule has 0 atom stereocenters. The minimum Gasteiger partial charge on any atom is -0.508 e. The average molecular weight is 225 g/mol. The first-order valence-corrected chi connectivity index (χ1v) is 5.35. The predicted molar refractivity (Wildman–Crippen MR) is 64.8 cm³/mol. The number of aromatic hydroxyl groups is 1. The molecule has 0 aliphatic carbocycles. The van der Waals surface area contributed by atoms with Crippen LogP contribution in [0.25, 0.3) is 17.0 Å². The Kier molecular flexibility index (Phi) is 2.08. The number of phenolic OH excluding ortho intramolecular Hbond substituents is 1. The van der Waals surface area contributed by atoms with Gasteiger partial charge in [-0.05, 0) is 42.8 Å². The SMILES string of the molecule is Cc1ccc2nnc(-c3ccc(O)cc3)n2c1. The predicted octanol–water partition coefficient (Wildman–Crippen LogP) is 2.41. The van der Waals surface area contributed by atoms with Crippen LogP contribution in [0.3, 0.4) is 0 Å². The van der Waals surface area contributed by atoms with Gasteiger partial charge in [0, 0.05) is 11.8 Å². The highest BCUT2D eigenvalue weighted by Gasteiger charge is 2.07. The van der Waals surface area contributed by atoms with E-state index in [2.05, 4.69) is 10.2 Å². The molecule has 3 aromatic rings. The highest BCUT2D eigenvalue weighted by atomic mass is 16.3. The van der Waals surface area contributed by atoms with Crippen molar-refractivity contribution in [3.8, 4) is 17.1 Å². The lowest BCUT2D eigenvalue weighted by Crippen LogP contribution is -1.89. The molecule has 0 aliphatic heterocycles. The number of fused-ring (bicyclic) bond motifs is 1. The maximum Gasteiger partial charge on any atom is 0.168 e. The van der Waals surface area contributed by atoms with Gasteiger partial charge in [-0.25, -0.2) is 0 Å². The monoisotopic (exact) mass is 225 g/mol. The molecule has 0 unspecified atom stereocenters. The lowest BCUT2D eigenvalue weighted by atomic mass is 10.2. The van der Waals surface area contributed by atoms with Gasteiger partial charge in [0.15, 0.2) is 11.5 Å². The van der Waals surface area contributed by atoms with E-state index in [1.165, 1.54) is 0 Å². The third-order valence-electron chi connectivity index (χ3n) is 2.68. The molecule has 3 rings (SSSR count). The molecule has 0 aliphatic rings. The molecular formula is C13H11N3O. The van der Waals surface area contributed by atoms with Crippen LogP contribution in [0.1, 0.15) is 5.56 Å². The van der Waals surface area contributed by atoms with Crippen molar-refractivity contribution in [3.05, 3.63) is 48.2 Å². The van der Waals surface area contributed by atoms with Crippen molar-refractivity contribution in [2.24, 2.45) is 0 Å². The summed E-state index contributed by atoms with van der Waals surface area (Å²) in [5, 5.41) is 17.5. The van der Waals surface area contributed by atoms with Crippen molar-refractivity contribution < 1.29 is 5.11 Å². The van der Waals surface area contributed by atoms with Crippen molar-refractivity contribution in [1.29, 1.82) is 0 Å². The van der Waals surface area contributed by atoms with E-state index in [-0.39, 0.29) is 5.75 Å². The van der Waals surface area contributed by atoms with E-state index in [0.717, 1.165) is 22.6 Å². The molecule has 4 heteroatoms. The molecule has 0 amide bonds. The van der Waals surface area contributed by atoms with Gasteiger partial charge in [-0.3, -0.25) is 4.40 Å². The molecule has 1 aromatic carbocycles. The van der Waals surface area contributed by atoms with E-state index in [0.29, 0.717) is 0 Å². The standard InChI is InChI=1S/C13H11N3O/c1-9-2-7-12-14-15-13(16(12)8-9)10-3-5-11(17)6-4-10/h2-8,17H,1H3. The van der Waals surface area contributed by atoms with Crippen LogP contribution in [0.4, 0.5) is 0 Å². The molecule has 17 heavy (non-hydrogen) atoms. The largest absolute Gasteiger partial charge is 0.508 e. The topological polar surface area (TPSA) is 50.4 Å². The first-order valence-electron chi connectivity index (χ1n) is 5.35. The van der Waals surface area contributed by atoms with Gasteiger partial charge in [0.25, 0.3) is 0 Å². The molecule has 1 N–H and O–H groups in total. The number of phenols is 1. The molecule has 2 heterocycles. The van der Waals surface area contributed by atoms with Crippen LogP contribution in [-0.4, -0.2) is 19.7 Å². The normalized spacial score (nSPS) is 10.9. The first kappa shape index (κ1) is 9.84. The van der Waals surface area contributed by atoms with Crippen molar-refractivity contribution in [2.45, 2.75) is 6.92 Å². The second-order valence-corrected chi connectivity index (χ2v) is 4.01. The summed E-state index contributed by atoms with van der Waals surface area (Å²) in [6, 6.07) is 10.9. The van der Waals surface area contributed by atoms with Gasteiger partial charge in [-0.2, -0.15) is 0 Å². The van der Waals surface area contributed by atoms with Crippen molar-refractivity contribution in [2.75, 3.05) is 0 Å². The number of benzene rings is 1. The Morgan fingerprint density at radius 2 is 1.76 bits per heavy atom. The molecule has 2 aromatic heterocycles. The van der Waals surface area contributed by atoms with Crippen LogP contribution >= 0.6 is 0 Å². The van der Waals surface area contributed by atoms with Gasteiger partial charge in [0.05, 0.1) is 0 Å². The summed E-state index contributed by atoms with van der Waals surface area (Å²) in [4.78, 5) is 0. The highest BCUT2D eigenvalue weighted by molar-refractivity contribution is 5.60. The maximum absolute atomic E-state index is 9.27. The summed E-state index contributed by atoms with van der Waals surface area (Å²) in [7, 11) is 0. The number of nitrogens with zero attached hydrogens (tertiary/aromatic N) is 3. The summed E-state index contributed by atoms with van der Waals surface area (Å²) in [6.45, 7) is 2.03. The van der Waals surface area contributed by atoms with Crippen LogP contribution in [0.15, 0.2) is 42.6 Å². The molecule has 0 spiro atoms. The number of aryl methyl sites for hydroxylation is 1. The lowest BCUT2D eigenvalue weighted by Gasteiger charge is -2.01. The van der Waals surface area contributed by atoms with E-state index in [1.54, 1.807) is 12.1 Å². The fourth-order valence-corrected chi connectivity index (χ4v) is 1.80. The van der Waals surface area contributed by atoms with E-state index in [1.807, 2.05) is 41.8 Å². The fraction of sp³-hybridized carbons (Fsp3) is 0.0769. The van der Waals surface area contributed by atoms with Gasteiger partial charge in [0.2, 0.25) is 0 Å². The van der Waals surface area contributed by atoms with Crippen LogP contribution in [-0.2, 0) is 0 Å². The van der Waals surface area contributed by atoms with Crippen LogP contribution < -0.4 is 0 Å². The Bertz CT molecular complexity index is 671. The Morgan fingerprint density at radius 3 is 2.53 bits per heavy atom. The van der Waals surface area contributed by atoms with Crippen LogP contribution in [0, 0.1) is 6.92 Å². The van der Waals surface area contributed by atoms with Crippen molar-refractivity contribution in [3.63, 3.8) is 0 Å². The highest BCUT2D eigenvalue weighted by Crippen LogP contribution is 2.21. The Labute approximate surface area is 98.2 Å². The number of pyridine rings is 1. The molecule has 0 fully saturated rings. The summed E-state index contributed by atoms with van der Waals surface area (Å²) < 4.78 is 1.95. The number of rotatable bonds is 1. The quantitative estimate of drug-likeness (QED) is 0.691. The molecule has 0 saturated heterocycles. The summed E-state index contributed by atoms with van der Waals surface area (Å²) in [5.74, 6) is 1.03. The van der Waals surface area contributed by atoms with Gasteiger partial charge < -0.3 is 5.11 Å². The minimum atomic E-state index is 0.249. The smallest absolute Gasteiger partial charge is 0.168 e. The summed E-state index contributed by atoms with van der Waals surface area (Å²) in [5.41, 5.74) is 2.90. The number of aromatic nitrogens is 3. The van der Waals surface area contributed by atoms with E-state index in [9.17, 15) is 5.11 Å². The second kappa shape index (κ2) is 3.59. The summed E-state index contributed by atoms with van der Waals surface area (Å²) >= 11 is 0. The molecule has 0 radical (unpaired) electrons. The molecule has 0 bridgehead atoms. The van der Waals surface area contributed by atoms with Gasteiger partial charge in [0.1, 0.15) is 5.75 Å². The zero-order chi connectivity index (χ0) is 11.8. The third kappa shape index (κ3) is 1.63. The summed E-state index contributed by atoms with van der Waals surface area (Å²) in [6.07, 6.45) is 2.00. The van der Waals surface area contributed by atoms with Crippen molar-refractivity contribution >= 4 is 5.65 Å². The van der Waals surface area contributed by atoms with Crippen molar-refractivity contribution in [1.82, 2.24) is 14.6 Å². The molecule has 4 nitrogen and oxygen atoms in total. The van der Waals surface area contributed by atoms with E-state index in [4.69, 9.17) is 0 Å². The molecule has 84 valence electrons. The van der Waals surface area contributed by atoms with Crippen LogP contribution in [0.5, 0.6) is 5.75 Å². The minimum absolute atomic E-state index is 0.249. The van der Waals surface area contributed by atoms with Gasteiger partial charge >= 0.3 is 0 Å².